The Bertz CT molecular complexity index is 1480. The molecule has 5 rings (SSSR count). The highest BCUT2D eigenvalue weighted by atomic mass is 32.2. The van der Waals surface area contributed by atoms with Crippen LogP contribution in [0, 0.1) is 6.92 Å². The Hall–Kier alpha value is -4.05. The molecule has 1 unspecified atom stereocenters. The van der Waals surface area contributed by atoms with Crippen LogP contribution < -0.4 is 9.62 Å². The molecule has 0 fully saturated rings. The van der Waals surface area contributed by atoms with Gasteiger partial charge in [0.1, 0.15) is 6.33 Å². The molecule has 9 nitrogen and oxygen atoms in total. The number of sulfonamides is 1. The molecule has 0 radical (unpaired) electrons. The summed E-state index contributed by atoms with van der Waals surface area (Å²) in [7, 11) is -3.85. The molecule has 2 heterocycles. The zero-order chi connectivity index (χ0) is 23.9. The Balaban J connectivity index is 1.44. The number of hydrogen-bond donors (Lipinski definition) is 1. The highest BCUT2D eigenvalue weighted by Crippen LogP contribution is 2.36. The molecular formula is C24H22N6O3S. The third-order valence-corrected chi connectivity index (χ3v) is 7.80. The van der Waals surface area contributed by atoms with Gasteiger partial charge in [0.05, 0.1) is 16.3 Å². The maximum atomic E-state index is 13.5. The highest BCUT2D eigenvalue weighted by molar-refractivity contribution is 7.92. The summed E-state index contributed by atoms with van der Waals surface area (Å²) in [6.07, 6.45) is 2.11. The zero-order valence-corrected chi connectivity index (χ0v) is 19.4. The van der Waals surface area contributed by atoms with Crippen molar-refractivity contribution in [2.24, 2.45) is 0 Å². The fraction of sp³-hybridized carbons (Fsp3) is 0.167. The molecule has 1 aliphatic rings. The number of aryl methyl sites for hydroxylation is 1. The molecule has 1 aromatic heterocycles. The Morgan fingerprint density at radius 2 is 1.88 bits per heavy atom. The minimum atomic E-state index is -3.85. The lowest BCUT2D eigenvalue weighted by Gasteiger charge is -2.24. The van der Waals surface area contributed by atoms with E-state index in [0.717, 1.165) is 11.1 Å². The van der Waals surface area contributed by atoms with E-state index < -0.39 is 15.9 Å². The number of benzene rings is 3. The minimum absolute atomic E-state index is 0.0721. The number of carbonyl (C=O) groups is 1. The van der Waals surface area contributed by atoms with Crippen molar-refractivity contribution in [1.29, 1.82) is 0 Å². The van der Waals surface area contributed by atoms with Crippen LogP contribution >= 0.6 is 0 Å². The van der Waals surface area contributed by atoms with Crippen molar-refractivity contribution in [3.63, 3.8) is 0 Å². The van der Waals surface area contributed by atoms with Crippen molar-refractivity contribution in [2.45, 2.75) is 31.2 Å². The minimum Gasteiger partial charge on any atom is -0.322 e. The molecule has 1 N–H and O–H groups in total. The Labute approximate surface area is 197 Å². The van der Waals surface area contributed by atoms with Gasteiger partial charge in [-0.2, -0.15) is 0 Å². The number of para-hydroxylation sites is 1. The predicted octanol–water partition coefficient (Wildman–Crippen LogP) is 3.36. The van der Waals surface area contributed by atoms with Crippen molar-refractivity contribution in [1.82, 2.24) is 20.2 Å². The number of fused-ring (bicyclic) bond motifs is 1. The van der Waals surface area contributed by atoms with E-state index >= 15 is 0 Å². The van der Waals surface area contributed by atoms with Gasteiger partial charge in [0, 0.05) is 17.3 Å². The van der Waals surface area contributed by atoms with Crippen LogP contribution in [0.3, 0.4) is 0 Å². The van der Waals surface area contributed by atoms with Crippen molar-refractivity contribution in [3.8, 4) is 5.69 Å². The predicted molar refractivity (Wildman–Crippen MR) is 128 cm³/mol. The van der Waals surface area contributed by atoms with Crippen molar-refractivity contribution in [2.75, 3.05) is 9.62 Å². The van der Waals surface area contributed by atoms with Crippen LogP contribution in [0.25, 0.3) is 5.69 Å². The van der Waals surface area contributed by atoms with E-state index in [1.54, 1.807) is 18.2 Å². The number of tetrazole rings is 1. The average Bonchev–Trinajstić information content (AvgIpc) is 3.48. The van der Waals surface area contributed by atoms with Crippen molar-refractivity contribution < 1.29 is 13.2 Å². The lowest BCUT2D eigenvalue weighted by atomic mass is 10.1. The molecular weight excluding hydrogens is 452 g/mol. The standard InChI is InChI=1S/C24H22N6O3S/c1-16-10-11-20(29-15-25-27-28-29)14-22(16)26-24(31)19-7-5-8-21(13-19)34(32,33)30-17(2)12-18-6-3-4-9-23(18)30/h3-11,13-15,17H,12H2,1-2H3,(H,26,31). The van der Waals surface area contributed by atoms with E-state index in [-0.39, 0.29) is 16.5 Å². The van der Waals surface area contributed by atoms with E-state index in [4.69, 9.17) is 0 Å². The topological polar surface area (TPSA) is 110 Å². The maximum absolute atomic E-state index is 13.5. The van der Waals surface area contributed by atoms with E-state index in [2.05, 4.69) is 20.8 Å². The summed E-state index contributed by atoms with van der Waals surface area (Å²) >= 11 is 0. The number of carbonyl (C=O) groups excluding carboxylic acids is 1. The number of hydrogen-bond acceptors (Lipinski definition) is 6. The molecule has 0 spiro atoms. The SMILES string of the molecule is Cc1ccc(-n2cnnn2)cc1NC(=O)c1cccc(S(=O)(=O)N2c3ccccc3CC2C)c1. The Morgan fingerprint density at radius 3 is 2.68 bits per heavy atom. The summed E-state index contributed by atoms with van der Waals surface area (Å²) in [5.74, 6) is -0.413. The van der Waals surface area contributed by atoms with Crippen LogP contribution in [0.4, 0.5) is 11.4 Å². The quantitative estimate of drug-likeness (QED) is 0.475. The summed E-state index contributed by atoms with van der Waals surface area (Å²) in [4.78, 5) is 13.1. The van der Waals surface area contributed by atoms with Gasteiger partial charge in [-0.1, -0.05) is 30.3 Å². The molecule has 0 saturated heterocycles. The molecule has 4 aromatic rings. The number of anilines is 2. The van der Waals surface area contributed by atoms with Gasteiger partial charge in [-0.25, -0.2) is 13.1 Å². The molecule has 172 valence electrons. The van der Waals surface area contributed by atoms with Gasteiger partial charge in [0.25, 0.3) is 15.9 Å². The number of amides is 1. The second kappa shape index (κ2) is 8.38. The van der Waals surface area contributed by atoms with Gasteiger partial charge in [0.15, 0.2) is 0 Å². The smallest absolute Gasteiger partial charge is 0.264 e. The number of aromatic nitrogens is 4. The van der Waals surface area contributed by atoms with E-state index in [0.29, 0.717) is 23.5 Å². The third-order valence-electron chi connectivity index (χ3n) is 5.88. The Morgan fingerprint density at radius 1 is 1.06 bits per heavy atom. The van der Waals surface area contributed by atoms with Gasteiger partial charge >= 0.3 is 0 Å². The second-order valence-electron chi connectivity index (χ2n) is 8.22. The normalized spacial score (nSPS) is 15.2. The summed E-state index contributed by atoms with van der Waals surface area (Å²) < 4.78 is 30.0. The third kappa shape index (κ3) is 3.81. The van der Waals surface area contributed by atoms with Gasteiger partial charge in [-0.3, -0.25) is 9.10 Å². The fourth-order valence-electron chi connectivity index (χ4n) is 4.18. The van der Waals surface area contributed by atoms with E-state index in [9.17, 15) is 13.2 Å². The van der Waals surface area contributed by atoms with Gasteiger partial charge < -0.3 is 5.32 Å². The molecule has 1 aliphatic heterocycles. The highest BCUT2D eigenvalue weighted by Gasteiger charge is 2.36. The molecule has 34 heavy (non-hydrogen) atoms. The number of rotatable bonds is 5. The van der Waals surface area contributed by atoms with Crippen molar-refractivity contribution in [3.05, 3.63) is 89.7 Å². The van der Waals surface area contributed by atoms with Crippen LogP contribution in [0.15, 0.2) is 78.0 Å². The largest absolute Gasteiger partial charge is 0.322 e. The first-order valence-corrected chi connectivity index (χ1v) is 12.2. The monoisotopic (exact) mass is 474 g/mol. The van der Waals surface area contributed by atoms with Crippen molar-refractivity contribution >= 4 is 27.3 Å². The van der Waals surface area contributed by atoms with Gasteiger partial charge in [-0.15, -0.1) is 5.10 Å². The van der Waals surface area contributed by atoms with Crippen LogP contribution in [-0.2, 0) is 16.4 Å². The lowest BCUT2D eigenvalue weighted by molar-refractivity contribution is 0.102. The number of nitrogens with one attached hydrogen (secondary N) is 1. The van der Waals surface area contributed by atoms with Crippen LogP contribution in [0.5, 0.6) is 0 Å². The molecule has 10 heteroatoms. The fourth-order valence-corrected chi connectivity index (χ4v) is 5.91. The summed E-state index contributed by atoms with van der Waals surface area (Å²) in [5.41, 5.74) is 4.02. The first-order chi connectivity index (χ1) is 16.3. The van der Waals surface area contributed by atoms with Gasteiger partial charge in [0.2, 0.25) is 0 Å². The maximum Gasteiger partial charge on any atom is 0.264 e. The summed E-state index contributed by atoms with van der Waals surface area (Å²) in [5, 5.41) is 14.0. The molecule has 1 atom stereocenters. The zero-order valence-electron chi connectivity index (χ0n) is 18.6. The first-order valence-electron chi connectivity index (χ1n) is 10.7. The van der Waals surface area contributed by atoms with Crippen LogP contribution in [-0.4, -0.2) is 40.6 Å². The summed E-state index contributed by atoms with van der Waals surface area (Å²) in [6, 6.07) is 18.8. The van der Waals surface area contributed by atoms with Gasteiger partial charge in [-0.05, 0) is 78.2 Å². The number of nitrogens with zero attached hydrogens (tertiary/aromatic N) is 5. The molecule has 1 amide bonds. The first kappa shape index (κ1) is 21.8. The van der Waals surface area contributed by atoms with Crippen LogP contribution in [0.1, 0.15) is 28.4 Å². The average molecular weight is 475 g/mol. The molecule has 0 bridgehead atoms. The Kier molecular flexibility index (Phi) is 5.37. The molecule has 0 aliphatic carbocycles. The summed E-state index contributed by atoms with van der Waals surface area (Å²) in [6.45, 7) is 3.75. The van der Waals surface area contributed by atoms with Crippen LogP contribution in [0.2, 0.25) is 0 Å². The molecule has 3 aromatic carbocycles. The lowest BCUT2D eigenvalue weighted by Crippen LogP contribution is -2.35. The molecule has 0 saturated carbocycles. The van der Waals surface area contributed by atoms with E-state index in [1.807, 2.05) is 50.2 Å². The second-order valence-corrected chi connectivity index (χ2v) is 10.0. The van der Waals surface area contributed by atoms with E-state index in [1.165, 1.54) is 27.4 Å².